The summed E-state index contributed by atoms with van der Waals surface area (Å²) in [5.41, 5.74) is 0.747. The van der Waals surface area contributed by atoms with Gasteiger partial charge in [0.05, 0.1) is 31.5 Å². The number of amides is 2. The van der Waals surface area contributed by atoms with Crippen molar-refractivity contribution in [1.82, 2.24) is 15.1 Å². The van der Waals surface area contributed by atoms with Crippen LogP contribution in [0.1, 0.15) is 52.8 Å². The van der Waals surface area contributed by atoms with Gasteiger partial charge in [-0.3, -0.25) is 9.59 Å². The smallest absolute Gasteiger partial charge is 0.273 e. The summed E-state index contributed by atoms with van der Waals surface area (Å²) in [4.78, 5) is 25.2. The van der Waals surface area contributed by atoms with E-state index in [0.717, 1.165) is 19.3 Å². The van der Waals surface area contributed by atoms with E-state index < -0.39 is 5.91 Å². The second-order valence-corrected chi connectivity index (χ2v) is 6.54. The van der Waals surface area contributed by atoms with E-state index in [1.54, 1.807) is 35.1 Å². The van der Waals surface area contributed by atoms with Crippen LogP contribution in [-0.4, -0.2) is 41.9 Å². The molecule has 3 rings (SSSR count). The summed E-state index contributed by atoms with van der Waals surface area (Å²) in [7, 11) is 1.52. The number of hydrogen-bond donors (Lipinski definition) is 2. The summed E-state index contributed by atoms with van der Waals surface area (Å²) >= 11 is 0. The van der Waals surface area contributed by atoms with Gasteiger partial charge in [0.15, 0.2) is 5.69 Å². The SMILES string of the molecule is COc1cccc(C(=O)Nc2cn(C3CCCCO3)nc2C(=O)NCCC#N)c1. The van der Waals surface area contributed by atoms with Gasteiger partial charge in [0.1, 0.15) is 12.0 Å². The minimum Gasteiger partial charge on any atom is -0.497 e. The first-order valence-electron chi connectivity index (χ1n) is 9.43. The third-order valence-electron chi connectivity index (χ3n) is 4.50. The zero-order valence-corrected chi connectivity index (χ0v) is 16.2. The molecule has 2 amide bonds. The molecular weight excluding hydrogens is 374 g/mol. The minimum absolute atomic E-state index is 0.0772. The maximum Gasteiger partial charge on any atom is 0.273 e. The molecule has 0 radical (unpaired) electrons. The number of nitriles is 1. The molecule has 9 heteroatoms. The van der Waals surface area contributed by atoms with Crippen molar-refractivity contribution in [2.75, 3.05) is 25.6 Å². The fraction of sp³-hybridized carbons (Fsp3) is 0.400. The van der Waals surface area contributed by atoms with Crippen LogP contribution in [-0.2, 0) is 4.74 Å². The molecule has 0 bridgehead atoms. The van der Waals surface area contributed by atoms with Crippen LogP contribution in [0.5, 0.6) is 5.75 Å². The Morgan fingerprint density at radius 1 is 1.38 bits per heavy atom. The van der Waals surface area contributed by atoms with Crippen LogP contribution in [0, 0.1) is 11.3 Å². The Kier molecular flexibility index (Phi) is 6.81. The normalized spacial score (nSPS) is 15.9. The molecule has 1 unspecified atom stereocenters. The van der Waals surface area contributed by atoms with E-state index in [1.165, 1.54) is 7.11 Å². The van der Waals surface area contributed by atoms with E-state index >= 15 is 0 Å². The highest BCUT2D eigenvalue weighted by Crippen LogP contribution is 2.25. The van der Waals surface area contributed by atoms with Crippen molar-refractivity contribution >= 4 is 17.5 Å². The number of benzene rings is 1. The minimum atomic E-state index is -0.462. The van der Waals surface area contributed by atoms with Crippen LogP contribution < -0.4 is 15.4 Å². The van der Waals surface area contributed by atoms with Gasteiger partial charge in [-0.25, -0.2) is 4.68 Å². The summed E-state index contributed by atoms with van der Waals surface area (Å²) in [6.45, 7) is 0.825. The Labute approximate surface area is 168 Å². The summed E-state index contributed by atoms with van der Waals surface area (Å²) in [6.07, 6.45) is 4.27. The van der Waals surface area contributed by atoms with Crippen molar-refractivity contribution in [3.63, 3.8) is 0 Å². The van der Waals surface area contributed by atoms with E-state index in [9.17, 15) is 9.59 Å². The number of methoxy groups -OCH3 is 1. The van der Waals surface area contributed by atoms with Gasteiger partial charge < -0.3 is 20.1 Å². The Bertz CT molecular complexity index is 912. The third-order valence-corrected chi connectivity index (χ3v) is 4.50. The second-order valence-electron chi connectivity index (χ2n) is 6.54. The highest BCUT2D eigenvalue weighted by molar-refractivity contribution is 6.08. The van der Waals surface area contributed by atoms with Crippen molar-refractivity contribution in [3.8, 4) is 11.8 Å². The molecule has 2 N–H and O–H groups in total. The monoisotopic (exact) mass is 397 g/mol. The van der Waals surface area contributed by atoms with Gasteiger partial charge in [-0.2, -0.15) is 10.4 Å². The van der Waals surface area contributed by atoms with E-state index in [1.807, 2.05) is 6.07 Å². The van der Waals surface area contributed by atoms with Gasteiger partial charge in [-0.1, -0.05) is 6.07 Å². The van der Waals surface area contributed by atoms with Crippen LogP contribution in [0.2, 0.25) is 0 Å². The molecule has 1 aliphatic rings. The van der Waals surface area contributed by atoms with Gasteiger partial charge in [0.2, 0.25) is 0 Å². The topological polar surface area (TPSA) is 118 Å². The molecule has 1 aromatic carbocycles. The number of aromatic nitrogens is 2. The maximum atomic E-state index is 12.7. The quantitative estimate of drug-likeness (QED) is 0.693. The molecule has 0 spiro atoms. The van der Waals surface area contributed by atoms with E-state index in [-0.39, 0.29) is 36.5 Å². The Morgan fingerprint density at radius 3 is 2.97 bits per heavy atom. The van der Waals surface area contributed by atoms with Crippen molar-refractivity contribution in [1.29, 1.82) is 5.26 Å². The van der Waals surface area contributed by atoms with Crippen LogP contribution >= 0.6 is 0 Å². The molecule has 0 aliphatic carbocycles. The molecule has 1 aromatic heterocycles. The number of nitrogens with zero attached hydrogens (tertiary/aromatic N) is 3. The molecule has 9 nitrogen and oxygen atoms in total. The fourth-order valence-corrected chi connectivity index (χ4v) is 3.01. The van der Waals surface area contributed by atoms with Crippen molar-refractivity contribution in [3.05, 3.63) is 41.7 Å². The summed E-state index contributed by atoms with van der Waals surface area (Å²) in [5, 5.41) is 18.4. The third kappa shape index (κ3) is 5.12. The molecule has 1 aliphatic heterocycles. The van der Waals surface area contributed by atoms with Crippen molar-refractivity contribution in [2.24, 2.45) is 0 Å². The van der Waals surface area contributed by atoms with Crippen molar-refractivity contribution in [2.45, 2.75) is 31.9 Å². The summed E-state index contributed by atoms with van der Waals surface area (Å²) in [6, 6.07) is 8.68. The average Bonchev–Trinajstić information content (AvgIpc) is 3.18. The molecule has 1 atom stereocenters. The number of nitrogens with one attached hydrogen (secondary N) is 2. The number of anilines is 1. The molecule has 152 valence electrons. The van der Waals surface area contributed by atoms with Gasteiger partial charge in [-0.15, -0.1) is 0 Å². The summed E-state index contributed by atoms with van der Waals surface area (Å²) < 4.78 is 12.4. The number of rotatable bonds is 7. The van der Waals surface area contributed by atoms with Gasteiger partial charge in [0, 0.05) is 18.7 Å². The van der Waals surface area contributed by atoms with E-state index in [2.05, 4.69) is 15.7 Å². The largest absolute Gasteiger partial charge is 0.497 e. The molecule has 1 fully saturated rings. The first-order chi connectivity index (χ1) is 14.1. The maximum absolute atomic E-state index is 12.7. The Hall–Kier alpha value is -3.38. The summed E-state index contributed by atoms with van der Waals surface area (Å²) in [5.74, 6) is -0.298. The number of carbonyl (C=O) groups is 2. The highest BCUT2D eigenvalue weighted by atomic mass is 16.5. The van der Waals surface area contributed by atoms with Crippen LogP contribution in [0.3, 0.4) is 0 Å². The molecule has 1 saturated heterocycles. The van der Waals surface area contributed by atoms with E-state index in [4.69, 9.17) is 14.7 Å². The number of ether oxygens (including phenoxy) is 2. The predicted molar refractivity (Wildman–Crippen MR) is 105 cm³/mol. The molecular formula is C20H23N5O4. The lowest BCUT2D eigenvalue weighted by atomic mass is 10.2. The molecule has 0 saturated carbocycles. The Balaban J connectivity index is 1.84. The van der Waals surface area contributed by atoms with Crippen LogP contribution in [0.15, 0.2) is 30.5 Å². The lowest BCUT2D eigenvalue weighted by molar-refractivity contribution is -0.0395. The first kappa shape index (κ1) is 20.4. The zero-order chi connectivity index (χ0) is 20.6. The average molecular weight is 397 g/mol. The standard InChI is InChI=1S/C20H23N5O4/c1-28-15-7-4-6-14(12-15)19(26)23-16-13-25(17-8-2-3-11-29-17)24-18(16)20(27)22-10-5-9-21/h4,6-7,12-13,17H,2-3,5,8,10-11H2,1H3,(H,22,27)(H,23,26). The van der Waals surface area contributed by atoms with Gasteiger partial charge >= 0.3 is 0 Å². The second kappa shape index (κ2) is 9.71. The zero-order valence-electron chi connectivity index (χ0n) is 16.2. The van der Waals surface area contributed by atoms with Crippen LogP contribution in [0.4, 0.5) is 5.69 Å². The lowest BCUT2D eigenvalue weighted by Crippen LogP contribution is -2.26. The van der Waals surface area contributed by atoms with E-state index in [0.29, 0.717) is 17.9 Å². The molecule has 2 aromatic rings. The van der Waals surface area contributed by atoms with Gasteiger partial charge in [-0.05, 0) is 37.5 Å². The molecule has 2 heterocycles. The highest BCUT2D eigenvalue weighted by Gasteiger charge is 2.24. The number of hydrogen-bond acceptors (Lipinski definition) is 6. The molecule has 29 heavy (non-hydrogen) atoms. The Morgan fingerprint density at radius 2 is 2.24 bits per heavy atom. The predicted octanol–water partition coefficient (Wildman–Crippen LogP) is 2.49. The van der Waals surface area contributed by atoms with Gasteiger partial charge in [0.25, 0.3) is 11.8 Å². The van der Waals surface area contributed by atoms with Crippen LogP contribution in [0.25, 0.3) is 0 Å². The fourth-order valence-electron chi connectivity index (χ4n) is 3.01. The number of carbonyl (C=O) groups excluding carboxylic acids is 2. The lowest BCUT2D eigenvalue weighted by Gasteiger charge is -2.22. The van der Waals surface area contributed by atoms with Crippen molar-refractivity contribution < 1.29 is 19.1 Å². The first-order valence-corrected chi connectivity index (χ1v) is 9.43.